The number of fused-ring (bicyclic) bond motifs is 1. The quantitative estimate of drug-likeness (QED) is 0.522. The first-order valence-corrected chi connectivity index (χ1v) is 3.72. The number of rotatable bonds is 0. The molecule has 2 rings (SSSR count). The third kappa shape index (κ3) is 0.926. The second-order valence-electron chi connectivity index (χ2n) is 2.98. The van der Waals surface area contributed by atoms with E-state index in [2.05, 4.69) is 16.6 Å². The van der Waals surface area contributed by atoms with Gasteiger partial charge in [0.25, 0.3) is 0 Å². The fourth-order valence-corrected chi connectivity index (χ4v) is 1.40. The number of nitrogens with one attached hydrogen (secondary N) is 1. The Balaban J connectivity index is 2.31. The summed E-state index contributed by atoms with van der Waals surface area (Å²) in [6.45, 7) is 2.02. The van der Waals surface area contributed by atoms with Gasteiger partial charge in [-0.05, 0) is 18.6 Å². The Morgan fingerprint density at radius 1 is 1.55 bits per heavy atom. The minimum atomic E-state index is 0.290. The summed E-state index contributed by atoms with van der Waals surface area (Å²) >= 11 is 0. The van der Waals surface area contributed by atoms with E-state index in [1.165, 1.54) is 0 Å². The molecule has 1 aliphatic carbocycles. The summed E-state index contributed by atoms with van der Waals surface area (Å²) in [6, 6.07) is 0.290. The minimum Gasteiger partial charge on any atom is -0.399 e. The smallest absolute Gasteiger partial charge is 0.0756 e. The van der Waals surface area contributed by atoms with Gasteiger partial charge in [-0.25, -0.2) is 0 Å². The van der Waals surface area contributed by atoms with Crippen LogP contribution >= 0.6 is 0 Å². The van der Waals surface area contributed by atoms with Crippen molar-refractivity contribution in [3.05, 3.63) is 23.4 Å². The van der Waals surface area contributed by atoms with Gasteiger partial charge in [0, 0.05) is 17.8 Å². The van der Waals surface area contributed by atoms with E-state index in [1.54, 1.807) is 0 Å². The average molecular weight is 149 g/mol. The van der Waals surface area contributed by atoms with Gasteiger partial charge in [0.15, 0.2) is 0 Å². The van der Waals surface area contributed by atoms with Crippen molar-refractivity contribution >= 4 is 6.21 Å². The summed E-state index contributed by atoms with van der Waals surface area (Å²) in [5, 5.41) is 3.98. The van der Waals surface area contributed by atoms with E-state index < -0.39 is 0 Å². The summed E-state index contributed by atoms with van der Waals surface area (Å²) in [4.78, 5) is 0. The van der Waals surface area contributed by atoms with Gasteiger partial charge in [-0.2, -0.15) is 5.10 Å². The average Bonchev–Trinajstić information content (AvgIpc) is 2.36. The first kappa shape index (κ1) is 6.46. The van der Waals surface area contributed by atoms with Crippen LogP contribution in [0.25, 0.3) is 0 Å². The molecule has 0 fully saturated rings. The summed E-state index contributed by atoms with van der Waals surface area (Å²) in [5.41, 5.74) is 10.7. The van der Waals surface area contributed by atoms with E-state index in [0.717, 1.165) is 11.3 Å². The van der Waals surface area contributed by atoms with Gasteiger partial charge < -0.3 is 11.2 Å². The van der Waals surface area contributed by atoms with Crippen molar-refractivity contribution in [2.45, 2.75) is 13.0 Å². The van der Waals surface area contributed by atoms with E-state index in [4.69, 9.17) is 5.73 Å². The highest BCUT2D eigenvalue weighted by atomic mass is 15.3. The molecule has 2 aliphatic rings. The maximum Gasteiger partial charge on any atom is 0.0756 e. The Morgan fingerprint density at radius 2 is 2.36 bits per heavy atom. The van der Waals surface area contributed by atoms with Gasteiger partial charge >= 0.3 is 0 Å². The monoisotopic (exact) mass is 149 g/mol. The van der Waals surface area contributed by atoms with Crippen molar-refractivity contribution in [3.63, 3.8) is 0 Å². The lowest BCUT2D eigenvalue weighted by Gasteiger charge is -2.18. The van der Waals surface area contributed by atoms with E-state index in [0.29, 0.717) is 12.0 Å². The van der Waals surface area contributed by atoms with Gasteiger partial charge in [0.2, 0.25) is 0 Å². The van der Waals surface area contributed by atoms with E-state index in [9.17, 15) is 0 Å². The molecule has 2 atom stereocenters. The van der Waals surface area contributed by atoms with Crippen molar-refractivity contribution in [3.8, 4) is 0 Å². The van der Waals surface area contributed by atoms with Crippen molar-refractivity contribution in [1.82, 2.24) is 5.43 Å². The van der Waals surface area contributed by atoms with Crippen LogP contribution in [0.4, 0.5) is 0 Å². The molecule has 0 aromatic rings. The van der Waals surface area contributed by atoms with Crippen LogP contribution in [0.5, 0.6) is 0 Å². The number of allylic oxidation sites excluding steroid dienone is 1. The zero-order valence-corrected chi connectivity index (χ0v) is 6.41. The van der Waals surface area contributed by atoms with Crippen LogP contribution in [0.3, 0.4) is 0 Å². The summed E-state index contributed by atoms with van der Waals surface area (Å²) in [7, 11) is 0. The maximum absolute atomic E-state index is 5.73. The Kier molecular flexibility index (Phi) is 1.24. The molecule has 3 nitrogen and oxygen atoms in total. The van der Waals surface area contributed by atoms with Crippen LogP contribution in [-0.4, -0.2) is 12.3 Å². The normalized spacial score (nSPS) is 33.9. The molecule has 1 aliphatic heterocycles. The molecular formula is C8H11N3. The van der Waals surface area contributed by atoms with Crippen LogP contribution < -0.4 is 11.2 Å². The van der Waals surface area contributed by atoms with Crippen molar-refractivity contribution < 1.29 is 0 Å². The lowest BCUT2D eigenvalue weighted by atomic mass is 9.92. The van der Waals surface area contributed by atoms with Gasteiger partial charge in [0.05, 0.1) is 6.04 Å². The summed E-state index contributed by atoms with van der Waals surface area (Å²) < 4.78 is 0. The molecule has 58 valence electrons. The molecule has 0 spiro atoms. The molecule has 1 heterocycles. The van der Waals surface area contributed by atoms with Crippen LogP contribution in [0, 0.1) is 5.92 Å². The standard InChI is InChI=1S/C8H11N3/c1-5-2-6-4-10-11-8(6)3-7(5)9/h2-4,6,8,11H,9H2,1H3. The van der Waals surface area contributed by atoms with Crippen molar-refractivity contribution in [2.24, 2.45) is 16.8 Å². The Bertz CT molecular complexity index is 263. The molecule has 11 heavy (non-hydrogen) atoms. The zero-order valence-electron chi connectivity index (χ0n) is 6.41. The number of hydrogen-bond acceptors (Lipinski definition) is 3. The molecule has 0 radical (unpaired) electrons. The number of nitrogens with zero attached hydrogens (tertiary/aromatic N) is 1. The maximum atomic E-state index is 5.73. The Morgan fingerprint density at radius 3 is 3.18 bits per heavy atom. The van der Waals surface area contributed by atoms with Crippen LogP contribution in [0.15, 0.2) is 28.5 Å². The SMILES string of the molecule is CC1=CC2C=NNC2C=C1N. The third-order valence-electron chi connectivity index (χ3n) is 2.14. The van der Waals surface area contributed by atoms with Gasteiger partial charge in [-0.1, -0.05) is 6.08 Å². The Labute approximate surface area is 65.7 Å². The fourth-order valence-electron chi connectivity index (χ4n) is 1.40. The molecule has 0 aromatic carbocycles. The van der Waals surface area contributed by atoms with Crippen LogP contribution in [-0.2, 0) is 0 Å². The molecule has 2 unspecified atom stereocenters. The van der Waals surface area contributed by atoms with Crippen LogP contribution in [0.1, 0.15) is 6.92 Å². The van der Waals surface area contributed by atoms with Gasteiger partial charge in [-0.3, -0.25) is 0 Å². The first-order valence-electron chi connectivity index (χ1n) is 3.72. The second-order valence-corrected chi connectivity index (χ2v) is 2.98. The summed E-state index contributed by atoms with van der Waals surface area (Å²) in [6.07, 6.45) is 6.08. The lowest BCUT2D eigenvalue weighted by Crippen LogP contribution is -2.28. The van der Waals surface area contributed by atoms with Crippen LogP contribution in [0.2, 0.25) is 0 Å². The van der Waals surface area contributed by atoms with Crippen molar-refractivity contribution in [1.29, 1.82) is 0 Å². The van der Waals surface area contributed by atoms with E-state index in [-0.39, 0.29) is 0 Å². The number of nitrogens with two attached hydrogens (primary N) is 1. The summed E-state index contributed by atoms with van der Waals surface area (Å²) in [5.74, 6) is 0.405. The molecule has 3 heteroatoms. The van der Waals surface area contributed by atoms with Crippen molar-refractivity contribution in [2.75, 3.05) is 0 Å². The second kappa shape index (κ2) is 2.12. The molecule has 0 saturated heterocycles. The molecule has 3 N–H and O–H groups in total. The highest BCUT2D eigenvalue weighted by molar-refractivity contribution is 5.68. The highest BCUT2D eigenvalue weighted by Gasteiger charge is 2.23. The fraction of sp³-hybridized carbons (Fsp3) is 0.375. The molecule has 0 bridgehead atoms. The topological polar surface area (TPSA) is 50.4 Å². The Hall–Kier alpha value is -1.25. The largest absolute Gasteiger partial charge is 0.399 e. The first-order chi connectivity index (χ1) is 5.27. The zero-order chi connectivity index (χ0) is 7.84. The highest BCUT2D eigenvalue weighted by Crippen LogP contribution is 2.21. The van der Waals surface area contributed by atoms with Gasteiger partial charge in [0.1, 0.15) is 0 Å². The molecule has 0 amide bonds. The predicted octanol–water partition coefficient (Wildman–Crippen LogP) is 0.363. The number of hydrazone groups is 1. The number of hydrogen-bond donors (Lipinski definition) is 2. The molecule has 0 aromatic heterocycles. The lowest BCUT2D eigenvalue weighted by molar-refractivity contribution is 0.614. The van der Waals surface area contributed by atoms with E-state index in [1.807, 2.05) is 19.2 Å². The molecule has 0 saturated carbocycles. The third-order valence-corrected chi connectivity index (χ3v) is 2.14. The van der Waals surface area contributed by atoms with E-state index >= 15 is 0 Å². The van der Waals surface area contributed by atoms with Gasteiger partial charge in [-0.15, -0.1) is 0 Å². The predicted molar refractivity (Wildman–Crippen MR) is 44.9 cm³/mol. The molecular weight excluding hydrogens is 138 g/mol. The minimum absolute atomic E-state index is 0.290.